The van der Waals surface area contributed by atoms with Gasteiger partial charge in [-0.2, -0.15) is 5.10 Å². The first-order valence-electron chi connectivity index (χ1n) is 8.88. The number of hydrogen-bond donors (Lipinski definition) is 1. The first kappa shape index (κ1) is 17.5. The summed E-state index contributed by atoms with van der Waals surface area (Å²) in [7, 11) is 1.63. The van der Waals surface area contributed by atoms with Gasteiger partial charge in [-0.05, 0) is 56.6 Å². The van der Waals surface area contributed by atoms with Crippen molar-refractivity contribution < 1.29 is 9.53 Å². The van der Waals surface area contributed by atoms with E-state index in [-0.39, 0.29) is 5.91 Å². The van der Waals surface area contributed by atoms with Gasteiger partial charge in [0.2, 0.25) is 0 Å². The highest BCUT2D eigenvalue weighted by Gasteiger charge is 2.14. The fraction of sp³-hybridized carbons (Fsp3) is 0.474. The molecule has 1 aromatic carbocycles. The lowest BCUT2D eigenvalue weighted by atomic mass is 10.1. The minimum absolute atomic E-state index is 0.137. The van der Waals surface area contributed by atoms with Crippen molar-refractivity contribution in [2.24, 2.45) is 0 Å². The van der Waals surface area contributed by atoms with Gasteiger partial charge in [-0.25, -0.2) is 4.68 Å². The van der Waals surface area contributed by atoms with Crippen LogP contribution in [0.2, 0.25) is 0 Å². The Morgan fingerprint density at radius 3 is 2.80 bits per heavy atom. The Morgan fingerprint density at radius 2 is 2.04 bits per heavy atom. The minimum atomic E-state index is -0.137. The van der Waals surface area contributed by atoms with E-state index in [1.54, 1.807) is 24.1 Å². The number of aryl methyl sites for hydroxylation is 1. The molecule has 1 aliphatic heterocycles. The number of ether oxygens (including phenoxy) is 1. The SMILES string of the molecule is COc1ccc(C)cc1-n1ccc(C(=O)NCCN2CCCCC2)n1. The van der Waals surface area contributed by atoms with Crippen molar-refractivity contribution in [3.63, 3.8) is 0 Å². The van der Waals surface area contributed by atoms with Crippen LogP contribution in [0.5, 0.6) is 5.75 Å². The standard InChI is InChI=1S/C19H26N4O2/c1-15-6-7-18(25-2)17(14-15)23-12-8-16(21-23)19(24)20-9-13-22-10-4-3-5-11-22/h6-8,12,14H,3-5,9-11,13H2,1-2H3,(H,20,24). The normalized spacial score (nSPS) is 15.1. The molecule has 0 atom stereocenters. The predicted molar refractivity (Wildman–Crippen MR) is 97.5 cm³/mol. The van der Waals surface area contributed by atoms with Gasteiger partial charge in [0.15, 0.2) is 5.69 Å². The predicted octanol–water partition coefficient (Wildman–Crippen LogP) is 2.41. The van der Waals surface area contributed by atoms with Crippen LogP contribution in [0, 0.1) is 6.92 Å². The van der Waals surface area contributed by atoms with Gasteiger partial charge < -0.3 is 15.0 Å². The van der Waals surface area contributed by atoms with Crippen LogP contribution in [-0.4, -0.2) is 53.9 Å². The van der Waals surface area contributed by atoms with Gasteiger partial charge in [0.25, 0.3) is 5.91 Å². The highest BCUT2D eigenvalue weighted by atomic mass is 16.5. The van der Waals surface area contributed by atoms with Gasteiger partial charge in [0.1, 0.15) is 11.4 Å². The van der Waals surface area contributed by atoms with Crippen molar-refractivity contribution in [3.8, 4) is 11.4 Å². The molecule has 0 aliphatic carbocycles. The summed E-state index contributed by atoms with van der Waals surface area (Å²) >= 11 is 0. The Balaban J connectivity index is 1.61. The second-order valence-corrected chi connectivity index (χ2v) is 6.48. The number of benzene rings is 1. The zero-order valence-electron chi connectivity index (χ0n) is 15.0. The van der Waals surface area contributed by atoms with Crippen LogP contribution in [0.3, 0.4) is 0 Å². The van der Waals surface area contributed by atoms with E-state index in [1.165, 1.54) is 19.3 Å². The average Bonchev–Trinajstić information content (AvgIpc) is 3.12. The molecule has 1 aromatic heterocycles. The fourth-order valence-electron chi connectivity index (χ4n) is 3.16. The molecule has 25 heavy (non-hydrogen) atoms. The number of aromatic nitrogens is 2. The lowest BCUT2D eigenvalue weighted by molar-refractivity contribution is 0.0941. The summed E-state index contributed by atoms with van der Waals surface area (Å²) in [6.07, 6.45) is 5.63. The van der Waals surface area contributed by atoms with E-state index < -0.39 is 0 Å². The lowest BCUT2D eigenvalue weighted by Gasteiger charge is -2.26. The van der Waals surface area contributed by atoms with E-state index in [0.29, 0.717) is 12.2 Å². The second-order valence-electron chi connectivity index (χ2n) is 6.48. The summed E-state index contributed by atoms with van der Waals surface area (Å²) in [5, 5.41) is 7.37. The van der Waals surface area contributed by atoms with E-state index in [9.17, 15) is 4.79 Å². The summed E-state index contributed by atoms with van der Waals surface area (Å²) in [5.74, 6) is 0.591. The van der Waals surface area contributed by atoms with E-state index in [2.05, 4.69) is 15.3 Å². The number of hydrogen-bond acceptors (Lipinski definition) is 4. The molecular formula is C19H26N4O2. The molecule has 134 valence electrons. The molecule has 1 amide bonds. The number of methoxy groups -OCH3 is 1. The number of carbonyl (C=O) groups excluding carboxylic acids is 1. The van der Waals surface area contributed by atoms with Crippen LogP contribution in [0.4, 0.5) is 0 Å². The van der Waals surface area contributed by atoms with Gasteiger partial charge in [-0.15, -0.1) is 0 Å². The van der Waals surface area contributed by atoms with Crippen molar-refractivity contribution in [2.75, 3.05) is 33.3 Å². The number of carbonyl (C=O) groups is 1. The van der Waals surface area contributed by atoms with Gasteiger partial charge >= 0.3 is 0 Å². The van der Waals surface area contributed by atoms with Crippen LogP contribution in [-0.2, 0) is 0 Å². The molecule has 1 N–H and O–H groups in total. The van der Waals surface area contributed by atoms with Crippen LogP contribution in [0.15, 0.2) is 30.5 Å². The molecule has 1 aliphatic rings. The van der Waals surface area contributed by atoms with E-state index >= 15 is 0 Å². The zero-order valence-corrected chi connectivity index (χ0v) is 15.0. The summed E-state index contributed by atoms with van der Waals surface area (Å²) in [6, 6.07) is 7.62. The largest absolute Gasteiger partial charge is 0.494 e. The molecule has 1 saturated heterocycles. The molecule has 2 aromatic rings. The molecule has 3 rings (SSSR count). The first-order chi connectivity index (χ1) is 12.2. The van der Waals surface area contributed by atoms with Crippen molar-refractivity contribution in [1.29, 1.82) is 0 Å². The summed E-state index contributed by atoms with van der Waals surface area (Å²) in [6.45, 7) is 5.84. The van der Waals surface area contributed by atoms with E-state index in [4.69, 9.17) is 4.74 Å². The third kappa shape index (κ3) is 4.39. The van der Waals surface area contributed by atoms with Crippen LogP contribution < -0.4 is 10.1 Å². The maximum absolute atomic E-state index is 12.3. The molecule has 0 bridgehead atoms. The number of piperidine rings is 1. The van der Waals surface area contributed by atoms with E-state index in [0.717, 1.165) is 36.6 Å². The third-order valence-corrected chi connectivity index (χ3v) is 4.57. The summed E-state index contributed by atoms with van der Waals surface area (Å²) < 4.78 is 7.08. The van der Waals surface area contributed by atoms with Crippen LogP contribution >= 0.6 is 0 Å². The van der Waals surface area contributed by atoms with Gasteiger partial charge in [0, 0.05) is 19.3 Å². The second kappa shape index (κ2) is 8.16. The van der Waals surface area contributed by atoms with Crippen LogP contribution in [0.25, 0.3) is 5.69 Å². The Hall–Kier alpha value is -2.34. The molecule has 1 fully saturated rings. The molecule has 2 heterocycles. The highest BCUT2D eigenvalue weighted by Crippen LogP contribution is 2.23. The molecule has 6 heteroatoms. The summed E-state index contributed by atoms with van der Waals surface area (Å²) in [5.41, 5.74) is 2.36. The third-order valence-electron chi connectivity index (χ3n) is 4.57. The first-order valence-corrected chi connectivity index (χ1v) is 8.88. The smallest absolute Gasteiger partial charge is 0.271 e. The fourth-order valence-corrected chi connectivity index (χ4v) is 3.16. The number of likely N-dealkylation sites (tertiary alicyclic amines) is 1. The zero-order chi connectivity index (χ0) is 17.6. The minimum Gasteiger partial charge on any atom is -0.494 e. The number of nitrogens with one attached hydrogen (secondary N) is 1. The summed E-state index contributed by atoms with van der Waals surface area (Å²) in [4.78, 5) is 14.7. The maximum atomic E-state index is 12.3. The number of amides is 1. The van der Waals surface area contributed by atoms with Gasteiger partial charge in [-0.1, -0.05) is 12.5 Å². The highest BCUT2D eigenvalue weighted by molar-refractivity contribution is 5.92. The molecule has 0 saturated carbocycles. The van der Waals surface area contributed by atoms with Crippen molar-refractivity contribution in [3.05, 3.63) is 41.7 Å². The average molecular weight is 342 g/mol. The molecule has 0 unspecified atom stereocenters. The Morgan fingerprint density at radius 1 is 1.24 bits per heavy atom. The van der Waals surface area contributed by atoms with Crippen molar-refractivity contribution >= 4 is 5.91 Å². The lowest BCUT2D eigenvalue weighted by Crippen LogP contribution is -2.37. The molecular weight excluding hydrogens is 316 g/mol. The van der Waals surface area contributed by atoms with Crippen molar-refractivity contribution in [1.82, 2.24) is 20.0 Å². The van der Waals surface area contributed by atoms with Crippen LogP contribution in [0.1, 0.15) is 35.3 Å². The number of nitrogens with zero attached hydrogens (tertiary/aromatic N) is 3. The maximum Gasteiger partial charge on any atom is 0.271 e. The molecule has 0 radical (unpaired) electrons. The topological polar surface area (TPSA) is 59.4 Å². The Kier molecular flexibility index (Phi) is 5.71. The van der Waals surface area contributed by atoms with E-state index in [1.807, 2.05) is 25.1 Å². The quantitative estimate of drug-likeness (QED) is 0.876. The number of rotatable bonds is 6. The van der Waals surface area contributed by atoms with Gasteiger partial charge in [0.05, 0.1) is 7.11 Å². The monoisotopic (exact) mass is 342 g/mol. The molecule has 6 nitrogen and oxygen atoms in total. The Labute approximate surface area is 148 Å². The van der Waals surface area contributed by atoms with Crippen molar-refractivity contribution in [2.45, 2.75) is 26.2 Å². The van der Waals surface area contributed by atoms with Gasteiger partial charge in [-0.3, -0.25) is 4.79 Å². The Bertz CT molecular complexity index is 720. The molecule has 0 spiro atoms.